The lowest BCUT2D eigenvalue weighted by molar-refractivity contribution is -0.0317. The van der Waals surface area contributed by atoms with Crippen molar-refractivity contribution in [2.45, 2.75) is 32.4 Å². The van der Waals surface area contributed by atoms with E-state index in [9.17, 15) is 5.11 Å². The first-order chi connectivity index (χ1) is 8.70. The van der Waals surface area contributed by atoms with Gasteiger partial charge in [0.05, 0.1) is 31.6 Å². The third kappa shape index (κ3) is 3.25. The van der Waals surface area contributed by atoms with Gasteiger partial charge >= 0.3 is 0 Å². The van der Waals surface area contributed by atoms with E-state index in [0.717, 1.165) is 31.2 Å². The lowest BCUT2D eigenvalue weighted by atomic mass is 10.2. The summed E-state index contributed by atoms with van der Waals surface area (Å²) in [6.45, 7) is 7.21. The molecule has 0 radical (unpaired) electrons. The van der Waals surface area contributed by atoms with E-state index in [4.69, 9.17) is 4.74 Å². The van der Waals surface area contributed by atoms with Crippen molar-refractivity contribution in [3.8, 4) is 0 Å². The predicted octanol–water partition coefficient (Wildman–Crippen LogP) is 0.793. The van der Waals surface area contributed by atoms with Crippen molar-refractivity contribution in [3.63, 3.8) is 0 Å². The Balaban J connectivity index is 2.05. The molecule has 2 rings (SSSR count). The molecule has 0 bridgehead atoms. The fourth-order valence-electron chi connectivity index (χ4n) is 2.05. The Kier molecular flexibility index (Phi) is 4.63. The van der Waals surface area contributed by atoms with Gasteiger partial charge in [-0.3, -0.25) is 4.90 Å². The molecule has 1 aromatic rings. The second-order valence-corrected chi connectivity index (χ2v) is 4.94. The van der Waals surface area contributed by atoms with Crippen LogP contribution in [0.2, 0.25) is 0 Å². The second-order valence-electron chi connectivity index (χ2n) is 4.94. The maximum atomic E-state index is 9.33. The minimum absolute atomic E-state index is 0.0798. The van der Waals surface area contributed by atoms with Gasteiger partial charge in [-0.15, -0.1) is 0 Å². The average Bonchev–Trinajstić information content (AvgIpc) is 2.39. The van der Waals surface area contributed by atoms with E-state index in [1.165, 1.54) is 0 Å². The van der Waals surface area contributed by atoms with E-state index in [0.29, 0.717) is 12.5 Å². The van der Waals surface area contributed by atoms with E-state index in [-0.39, 0.29) is 12.6 Å². The molecule has 1 aliphatic heterocycles. The summed E-state index contributed by atoms with van der Waals surface area (Å²) in [4.78, 5) is 11.0. The van der Waals surface area contributed by atoms with Crippen LogP contribution in [0, 0.1) is 0 Å². The van der Waals surface area contributed by atoms with Crippen LogP contribution in [0.25, 0.3) is 0 Å². The molecule has 18 heavy (non-hydrogen) atoms. The molecule has 1 unspecified atom stereocenters. The van der Waals surface area contributed by atoms with Crippen LogP contribution < -0.4 is 0 Å². The van der Waals surface area contributed by atoms with Gasteiger partial charge in [0.2, 0.25) is 0 Å². The van der Waals surface area contributed by atoms with Crippen molar-refractivity contribution in [1.29, 1.82) is 0 Å². The lowest BCUT2D eigenvalue weighted by Crippen LogP contribution is -2.47. The monoisotopic (exact) mass is 251 g/mol. The van der Waals surface area contributed by atoms with E-state index >= 15 is 0 Å². The standard InChI is InChI=1S/C13H21N3O2/c1-10(2)13-14-4-3-11(15-13)7-16-5-6-18-9-12(16)8-17/h3-4,10,12,17H,5-9H2,1-2H3. The average molecular weight is 251 g/mol. The number of aromatic nitrogens is 2. The summed E-state index contributed by atoms with van der Waals surface area (Å²) in [6, 6.07) is 2.02. The van der Waals surface area contributed by atoms with Gasteiger partial charge in [0, 0.05) is 25.2 Å². The van der Waals surface area contributed by atoms with Crippen LogP contribution in [0.1, 0.15) is 31.3 Å². The molecular weight excluding hydrogens is 230 g/mol. The van der Waals surface area contributed by atoms with Crippen LogP contribution in [-0.2, 0) is 11.3 Å². The van der Waals surface area contributed by atoms with Crippen molar-refractivity contribution in [2.75, 3.05) is 26.4 Å². The predicted molar refractivity (Wildman–Crippen MR) is 68.2 cm³/mol. The number of aliphatic hydroxyl groups excluding tert-OH is 1. The number of ether oxygens (including phenoxy) is 1. The number of hydrogen-bond acceptors (Lipinski definition) is 5. The Morgan fingerprint density at radius 1 is 1.56 bits per heavy atom. The number of hydrogen-bond donors (Lipinski definition) is 1. The van der Waals surface area contributed by atoms with Gasteiger partial charge in [-0.1, -0.05) is 13.8 Å². The van der Waals surface area contributed by atoms with Crippen molar-refractivity contribution >= 4 is 0 Å². The van der Waals surface area contributed by atoms with E-state index in [1.807, 2.05) is 12.3 Å². The van der Waals surface area contributed by atoms with Gasteiger partial charge in [0.25, 0.3) is 0 Å². The van der Waals surface area contributed by atoms with Crippen LogP contribution in [0.3, 0.4) is 0 Å². The first-order valence-corrected chi connectivity index (χ1v) is 6.45. The smallest absolute Gasteiger partial charge is 0.131 e. The van der Waals surface area contributed by atoms with Crippen LogP contribution in [0.4, 0.5) is 0 Å². The molecule has 1 saturated heterocycles. The maximum Gasteiger partial charge on any atom is 0.131 e. The maximum absolute atomic E-state index is 9.33. The summed E-state index contributed by atoms with van der Waals surface area (Å²) in [5.74, 6) is 1.21. The molecule has 1 aliphatic rings. The molecular formula is C13H21N3O2. The molecule has 0 aromatic carbocycles. The first kappa shape index (κ1) is 13.4. The lowest BCUT2D eigenvalue weighted by Gasteiger charge is -2.34. The van der Waals surface area contributed by atoms with Gasteiger partial charge in [-0.25, -0.2) is 9.97 Å². The SMILES string of the molecule is CC(C)c1nccc(CN2CCOCC2CO)n1. The number of morpholine rings is 1. The summed E-state index contributed by atoms with van der Waals surface area (Å²) in [5.41, 5.74) is 1.01. The van der Waals surface area contributed by atoms with E-state index in [1.54, 1.807) is 0 Å². The Hall–Kier alpha value is -1.04. The molecule has 1 atom stereocenters. The fraction of sp³-hybridized carbons (Fsp3) is 0.692. The molecule has 0 amide bonds. The molecule has 1 fully saturated rings. The summed E-state index contributed by atoms with van der Waals surface area (Å²) in [7, 11) is 0. The van der Waals surface area contributed by atoms with Gasteiger partial charge < -0.3 is 9.84 Å². The molecule has 0 spiro atoms. The molecule has 2 heterocycles. The molecule has 1 N–H and O–H groups in total. The Labute approximate surface area is 108 Å². The number of nitrogens with zero attached hydrogens (tertiary/aromatic N) is 3. The van der Waals surface area contributed by atoms with Crippen molar-refractivity contribution in [2.24, 2.45) is 0 Å². The topological polar surface area (TPSA) is 58.5 Å². The van der Waals surface area contributed by atoms with Gasteiger partial charge in [0.15, 0.2) is 0 Å². The summed E-state index contributed by atoms with van der Waals surface area (Å²) < 4.78 is 5.37. The third-order valence-electron chi connectivity index (χ3n) is 3.17. The van der Waals surface area contributed by atoms with Crippen LogP contribution >= 0.6 is 0 Å². The normalized spacial score (nSPS) is 21.4. The van der Waals surface area contributed by atoms with Gasteiger partial charge in [0.1, 0.15) is 5.82 Å². The summed E-state index contributed by atoms with van der Waals surface area (Å²) in [5, 5.41) is 9.33. The zero-order valence-corrected chi connectivity index (χ0v) is 11.0. The minimum Gasteiger partial charge on any atom is -0.395 e. The Morgan fingerprint density at radius 2 is 2.39 bits per heavy atom. The molecule has 0 aliphatic carbocycles. The highest BCUT2D eigenvalue weighted by Crippen LogP contribution is 2.13. The highest BCUT2D eigenvalue weighted by atomic mass is 16.5. The van der Waals surface area contributed by atoms with Crippen molar-refractivity contribution in [1.82, 2.24) is 14.9 Å². The number of rotatable bonds is 4. The molecule has 5 nitrogen and oxygen atoms in total. The van der Waals surface area contributed by atoms with Crippen LogP contribution in [0.5, 0.6) is 0 Å². The highest BCUT2D eigenvalue weighted by Gasteiger charge is 2.22. The molecule has 5 heteroatoms. The first-order valence-electron chi connectivity index (χ1n) is 6.45. The summed E-state index contributed by atoms with van der Waals surface area (Å²) >= 11 is 0. The highest BCUT2D eigenvalue weighted by molar-refractivity contribution is 5.05. The minimum atomic E-state index is 0.0798. The zero-order valence-electron chi connectivity index (χ0n) is 11.0. The zero-order chi connectivity index (χ0) is 13.0. The Morgan fingerprint density at radius 3 is 3.11 bits per heavy atom. The quantitative estimate of drug-likeness (QED) is 0.857. The molecule has 0 saturated carbocycles. The fourth-order valence-corrected chi connectivity index (χ4v) is 2.05. The van der Waals surface area contributed by atoms with Crippen molar-refractivity contribution in [3.05, 3.63) is 23.8 Å². The molecule has 100 valence electrons. The van der Waals surface area contributed by atoms with Gasteiger partial charge in [-0.05, 0) is 6.07 Å². The van der Waals surface area contributed by atoms with E-state index < -0.39 is 0 Å². The largest absolute Gasteiger partial charge is 0.395 e. The van der Waals surface area contributed by atoms with E-state index in [2.05, 4.69) is 28.7 Å². The van der Waals surface area contributed by atoms with Gasteiger partial charge in [-0.2, -0.15) is 0 Å². The second kappa shape index (κ2) is 6.22. The number of aliphatic hydroxyl groups is 1. The van der Waals surface area contributed by atoms with Crippen molar-refractivity contribution < 1.29 is 9.84 Å². The third-order valence-corrected chi connectivity index (χ3v) is 3.17. The summed E-state index contributed by atoms with van der Waals surface area (Å²) in [6.07, 6.45) is 1.81. The van der Waals surface area contributed by atoms with Crippen LogP contribution in [-0.4, -0.2) is 52.4 Å². The molecule has 1 aromatic heterocycles. The van der Waals surface area contributed by atoms with Crippen LogP contribution in [0.15, 0.2) is 12.3 Å². The Bertz CT molecular complexity index is 384.